The molecular formula is C26H23F4N7O2. The van der Waals surface area contributed by atoms with E-state index >= 15 is 0 Å². The molecular weight excluding hydrogens is 518 g/mol. The molecule has 1 aromatic carbocycles. The van der Waals surface area contributed by atoms with Crippen LogP contribution in [0.25, 0.3) is 21.9 Å². The van der Waals surface area contributed by atoms with Gasteiger partial charge < -0.3 is 15.2 Å². The van der Waals surface area contributed by atoms with Crippen molar-refractivity contribution in [1.82, 2.24) is 29.2 Å². The standard InChI is InChI=1S/C26H23F4N7O2/c1-3-23(38)36-12-16(10-17(36)13-39-26(28,29)30)37-21-7-8-32-25(31)24(21)19(34-37)6-5-15-9-20-22(11-18(15)27)35(4-2)14-33-20/h3,7-9,11,14,16-17H,1,4,10,12-13H2,2H3,(H2,31,32)/t16-,17+/m0/s1. The van der Waals surface area contributed by atoms with E-state index < -0.39 is 36.8 Å². The van der Waals surface area contributed by atoms with Crippen molar-refractivity contribution in [2.24, 2.45) is 0 Å². The van der Waals surface area contributed by atoms with E-state index in [2.05, 4.69) is 38.2 Å². The van der Waals surface area contributed by atoms with Crippen LogP contribution in [0.4, 0.5) is 23.4 Å². The third-order valence-corrected chi connectivity index (χ3v) is 6.65. The summed E-state index contributed by atoms with van der Waals surface area (Å²) >= 11 is 0. The van der Waals surface area contributed by atoms with Crippen LogP contribution in [-0.2, 0) is 16.1 Å². The zero-order valence-corrected chi connectivity index (χ0v) is 20.7. The van der Waals surface area contributed by atoms with Gasteiger partial charge in [-0.3, -0.25) is 14.2 Å². The summed E-state index contributed by atoms with van der Waals surface area (Å²) < 4.78 is 60.4. The molecule has 202 valence electrons. The highest BCUT2D eigenvalue weighted by Gasteiger charge is 2.40. The summed E-state index contributed by atoms with van der Waals surface area (Å²) in [5.41, 5.74) is 8.22. The van der Waals surface area contributed by atoms with Crippen LogP contribution in [0.1, 0.15) is 30.6 Å². The molecule has 2 atom stereocenters. The Morgan fingerprint density at radius 3 is 2.79 bits per heavy atom. The maximum absolute atomic E-state index is 14.9. The van der Waals surface area contributed by atoms with Crippen LogP contribution in [-0.4, -0.2) is 60.7 Å². The molecule has 3 aromatic heterocycles. The third-order valence-electron chi connectivity index (χ3n) is 6.65. The number of anilines is 1. The number of likely N-dealkylation sites (tertiary alicyclic amines) is 1. The molecule has 9 nitrogen and oxygen atoms in total. The number of carbonyl (C=O) groups excluding carboxylic acids is 1. The molecule has 1 amide bonds. The number of aryl methyl sites for hydroxylation is 1. The van der Waals surface area contributed by atoms with Crippen molar-refractivity contribution in [1.29, 1.82) is 0 Å². The molecule has 0 spiro atoms. The molecule has 0 radical (unpaired) electrons. The maximum Gasteiger partial charge on any atom is 0.522 e. The minimum absolute atomic E-state index is 0.0635. The highest BCUT2D eigenvalue weighted by molar-refractivity contribution is 5.93. The molecule has 0 bridgehead atoms. The number of pyridine rings is 1. The molecule has 1 saturated heterocycles. The second kappa shape index (κ2) is 10.0. The second-order valence-electron chi connectivity index (χ2n) is 8.98. The third kappa shape index (κ3) is 5.03. The Morgan fingerprint density at radius 2 is 2.08 bits per heavy atom. The number of benzene rings is 1. The van der Waals surface area contributed by atoms with Gasteiger partial charge in [0.2, 0.25) is 5.91 Å². The number of imidazole rings is 1. The average Bonchev–Trinajstić information content (AvgIpc) is 3.60. The summed E-state index contributed by atoms with van der Waals surface area (Å²) in [5.74, 6) is 4.75. The number of carbonyl (C=O) groups is 1. The van der Waals surface area contributed by atoms with Gasteiger partial charge in [0.15, 0.2) is 0 Å². The van der Waals surface area contributed by atoms with Gasteiger partial charge in [0.05, 0.1) is 52.5 Å². The van der Waals surface area contributed by atoms with E-state index in [1.165, 1.54) is 17.2 Å². The molecule has 4 heterocycles. The van der Waals surface area contributed by atoms with Crippen LogP contribution in [0, 0.1) is 17.7 Å². The number of alkyl halides is 3. The molecule has 2 N–H and O–H groups in total. The smallest absolute Gasteiger partial charge is 0.383 e. The van der Waals surface area contributed by atoms with Gasteiger partial charge in [0.1, 0.15) is 17.3 Å². The molecule has 0 aliphatic carbocycles. The van der Waals surface area contributed by atoms with Crippen molar-refractivity contribution in [3.8, 4) is 11.8 Å². The molecule has 1 aliphatic heterocycles. The van der Waals surface area contributed by atoms with Crippen molar-refractivity contribution >= 4 is 33.7 Å². The van der Waals surface area contributed by atoms with E-state index in [9.17, 15) is 22.4 Å². The first-order valence-corrected chi connectivity index (χ1v) is 12.0. The van der Waals surface area contributed by atoms with Crippen LogP contribution in [0.2, 0.25) is 0 Å². The minimum atomic E-state index is -4.84. The summed E-state index contributed by atoms with van der Waals surface area (Å²) in [6.07, 6.45) is -0.575. The Kier molecular flexibility index (Phi) is 6.73. The molecule has 1 fully saturated rings. The maximum atomic E-state index is 14.9. The predicted octanol–water partition coefficient (Wildman–Crippen LogP) is 3.79. The largest absolute Gasteiger partial charge is 0.522 e. The number of halogens is 4. The van der Waals surface area contributed by atoms with E-state index in [0.717, 1.165) is 6.08 Å². The fourth-order valence-corrected chi connectivity index (χ4v) is 4.84. The number of hydrogen-bond donors (Lipinski definition) is 1. The first-order valence-electron chi connectivity index (χ1n) is 12.0. The van der Waals surface area contributed by atoms with Gasteiger partial charge in [-0.2, -0.15) is 5.10 Å². The fourth-order valence-electron chi connectivity index (χ4n) is 4.84. The van der Waals surface area contributed by atoms with E-state index in [0.29, 0.717) is 28.5 Å². The first kappa shape index (κ1) is 26.2. The van der Waals surface area contributed by atoms with Gasteiger partial charge in [0.25, 0.3) is 0 Å². The quantitative estimate of drug-likeness (QED) is 0.234. The van der Waals surface area contributed by atoms with E-state index in [-0.39, 0.29) is 30.0 Å². The number of rotatable bonds is 5. The number of nitrogens with two attached hydrogens (primary N) is 1. The number of ether oxygens (including phenoxy) is 1. The monoisotopic (exact) mass is 541 g/mol. The van der Waals surface area contributed by atoms with Gasteiger partial charge in [0, 0.05) is 25.4 Å². The predicted molar refractivity (Wildman–Crippen MR) is 135 cm³/mol. The Balaban J connectivity index is 1.52. The summed E-state index contributed by atoms with van der Waals surface area (Å²) in [4.78, 5) is 22.1. The number of hydrogen-bond acceptors (Lipinski definition) is 6. The molecule has 5 rings (SSSR count). The van der Waals surface area contributed by atoms with Crippen molar-refractivity contribution in [3.63, 3.8) is 0 Å². The summed E-state index contributed by atoms with van der Waals surface area (Å²) in [5, 5.41) is 4.99. The fraction of sp³-hybridized carbons (Fsp3) is 0.308. The molecule has 13 heteroatoms. The van der Waals surface area contributed by atoms with Crippen LogP contribution < -0.4 is 5.73 Å². The normalized spacial score (nSPS) is 17.5. The van der Waals surface area contributed by atoms with E-state index in [1.807, 2.05) is 11.5 Å². The summed E-state index contributed by atoms with van der Waals surface area (Å²) in [6, 6.07) is 3.19. The van der Waals surface area contributed by atoms with E-state index in [1.54, 1.807) is 23.1 Å². The number of aromatic nitrogens is 5. The van der Waals surface area contributed by atoms with Crippen LogP contribution >= 0.6 is 0 Å². The number of amides is 1. The molecule has 0 saturated carbocycles. The van der Waals surface area contributed by atoms with Gasteiger partial charge in [-0.25, -0.2) is 14.4 Å². The van der Waals surface area contributed by atoms with Crippen molar-refractivity contribution in [2.75, 3.05) is 18.9 Å². The zero-order chi connectivity index (χ0) is 27.9. The van der Waals surface area contributed by atoms with E-state index in [4.69, 9.17) is 5.73 Å². The van der Waals surface area contributed by atoms with Crippen molar-refractivity contribution in [3.05, 3.63) is 60.5 Å². The van der Waals surface area contributed by atoms with Crippen molar-refractivity contribution in [2.45, 2.75) is 38.3 Å². The zero-order valence-electron chi connectivity index (χ0n) is 20.7. The Hall–Kier alpha value is -4.44. The van der Waals surface area contributed by atoms with Crippen LogP contribution in [0.3, 0.4) is 0 Å². The lowest BCUT2D eigenvalue weighted by Gasteiger charge is -2.23. The van der Waals surface area contributed by atoms with Gasteiger partial charge in [-0.15, -0.1) is 13.2 Å². The van der Waals surface area contributed by atoms with Crippen molar-refractivity contribution < 1.29 is 27.1 Å². The second-order valence-corrected chi connectivity index (χ2v) is 8.98. The highest BCUT2D eigenvalue weighted by atomic mass is 19.4. The summed E-state index contributed by atoms with van der Waals surface area (Å²) in [6.45, 7) is 5.33. The Labute approximate surface area is 219 Å². The van der Waals surface area contributed by atoms with Gasteiger partial charge in [-0.1, -0.05) is 12.5 Å². The Bertz CT molecular complexity index is 1650. The molecule has 39 heavy (non-hydrogen) atoms. The Morgan fingerprint density at radius 1 is 1.28 bits per heavy atom. The lowest BCUT2D eigenvalue weighted by molar-refractivity contribution is -0.327. The minimum Gasteiger partial charge on any atom is -0.383 e. The first-order chi connectivity index (χ1) is 18.6. The number of nitrogen functional groups attached to an aromatic ring is 1. The van der Waals surface area contributed by atoms with Gasteiger partial charge >= 0.3 is 6.36 Å². The molecule has 4 aromatic rings. The lowest BCUT2D eigenvalue weighted by Crippen LogP contribution is -2.38. The lowest BCUT2D eigenvalue weighted by atomic mass is 10.1. The summed E-state index contributed by atoms with van der Waals surface area (Å²) in [7, 11) is 0. The van der Waals surface area contributed by atoms with Crippen LogP contribution in [0.5, 0.6) is 0 Å². The number of nitrogens with zero attached hydrogens (tertiary/aromatic N) is 6. The number of fused-ring (bicyclic) bond motifs is 2. The molecule has 1 aliphatic rings. The van der Waals surface area contributed by atoms with Gasteiger partial charge in [-0.05, 0) is 37.5 Å². The average molecular weight is 542 g/mol. The molecule has 0 unspecified atom stereocenters. The SMILES string of the molecule is C=CC(=O)N1C[C@@H](n2nc(C#Cc3cc4ncn(CC)c4cc3F)c3c(N)nccc32)C[C@@H]1COC(F)(F)F. The van der Waals surface area contributed by atoms with Crippen LogP contribution in [0.15, 0.2) is 43.4 Å². The topological polar surface area (TPSA) is 104 Å². The highest BCUT2D eigenvalue weighted by Crippen LogP contribution is 2.33.